The molecule has 0 fully saturated rings. The number of nitrogens with one attached hydrogen (secondary N) is 1. The van der Waals surface area contributed by atoms with Crippen LogP contribution in [0.25, 0.3) is 6.08 Å². The van der Waals surface area contributed by atoms with E-state index < -0.39 is 11.8 Å². The highest BCUT2D eigenvalue weighted by molar-refractivity contribution is 5.95. The lowest BCUT2D eigenvalue weighted by molar-refractivity contribution is 0.0697. The van der Waals surface area contributed by atoms with Gasteiger partial charge >= 0.3 is 5.97 Å². The van der Waals surface area contributed by atoms with E-state index in [4.69, 9.17) is 10.8 Å². The lowest BCUT2D eigenvalue weighted by Crippen LogP contribution is -2.06. The molecule has 1 aromatic carbocycles. The van der Waals surface area contributed by atoms with Crippen molar-refractivity contribution in [2.24, 2.45) is 0 Å². The lowest BCUT2D eigenvalue weighted by Gasteiger charge is -2.05. The summed E-state index contributed by atoms with van der Waals surface area (Å²) in [4.78, 5) is 10.8. The summed E-state index contributed by atoms with van der Waals surface area (Å²) in [5.74, 6) is -1.85. The van der Waals surface area contributed by atoms with Gasteiger partial charge in [0, 0.05) is 12.1 Å². The molecule has 0 bridgehead atoms. The molecular formula is C11H13FN2O2. The van der Waals surface area contributed by atoms with Gasteiger partial charge in [0.15, 0.2) is 0 Å². The fourth-order valence-corrected chi connectivity index (χ4v) is 1.26. The Morgan fingerprint density at radius 2 is 2.31 bits per heavy atom. The van der Waals surface area contributed by atoms with Crippen molar-refractivity contribution < 1.29 is 14.3 Å². The number of anilines is 1. The molecule has 0 heterocycles. The average Bonchev–Trinajstić information content (AvgIpc) is 2.22. The topological polar surface area (TPSA) is 75.3 Å². The molecule has 0 amide bonds. The SMILES string of the molecule is CNCC=Cc1cc(F)cc(C(=O)O)c1N. The van der Waals surface area contributed by atoms with Crippen molar-refractivity contribution in [3.63, 3.8) is 0 Å². The van der Waals surface area contributed by atoms with Gasteiger partial charge in [-0.25, -0.2) is 9.18 Å². The van der Waals surface area contributed by atoms with Crippen molar-refractivity contribution in [3.8, 4) is 0 Å². The number of carboxylic acid groups (broad SMARTS) is 1. The molecule has 0 spiro atoms. The molecule has 0 saturated carbocycles. The van der Waals surface area contributed by atoms with Crippen LogP contribution < -0.4 is 11.1 Å². The maximum atomic E-state index is 13.1. The van der Waals surface area contributed by atoms with Crippen molar-refractivity contribution in [1.82, 2.24) is 5.32 Å². The number of hydrogen-bond donors (Lipinski definition) is 3. The van der Waals surface area contributed by atoms with Crippen LogP contribution in [0, 0.1) is 5.82 Å². The van der Waals surface area contributed by atoms with E-state index in [0.717, 1.165) is 6.07 Å². The average molecular weight is 224 g/mol. The number of carboxylic acids is 1. The lowest BCUT2D eigenvalue weighted by atomic mass is 10.1. The molecule has 0 saturated heterocycles. The third-order valence-electron chi connectivity index (χ3n) is 2.03. The van der Waals surface area contributed by atoms with E-state index in [1.807, 2.05) is 0 Å². The molecule has 0 aliphatic carbocycles. The molecule has 5 heteroatoms. The first-order chi connectivity index (χ1) is 7.56. The van der Waals surface area contributed by atoms with Crippen LogP contribution in [0.2, 0.25) is 0 Å². The molecule has 0 aliphatic rings. The zero-order valence-corrected chi connectivity index (χ0v) is 8.83. The van der Waals surface area contributed by atoms with Gasteiger partial charge in [0.1, 0.15) is 5.82 Å². The fourth-order valence-electron chi connectivity index (χ4n) is 1.26. The molecule has 1 aromatic rings. The first-order valence-corrected chi connectivity index (χ1v) is 4.69. The van der Waals surface area contributed by atoms with E-state index in [1.165, 1.54) is 6.07 Å². The first-order valence-electron chi connectivity index (χ1n) is 4.69. The number of likely N-dealkylation sites (N-methyl/N-ethyl adjacent to an activating group) is 1. The van der Waals surface area contributed by atoms with Gasteiger partial charge in [-0.1, -0.05) is 12.2 Å². The van der Waals surface area contributed by atoms with E-state index >= 15 is 0 Å². The monoisotopic (exact) mass is 224 g/mol. The van der Waals surface area contributed by atoms with Gasteiger partial charge in [0.05, 0.1) is 11.3 Å². The van der Waals surface area contributed by atoms with Crippen LogP contribution in [-0.2, 0) is 0 Å². The molecule has 4 N–H and O–H groups in total. The summed E-state index contributed by atoms with van der Waals surface area (Å²) < 4.78 is 13.1. The number of rotatable bonds is 4. The summed E-state index contributed by atoms with van der Waals surface area (Å²) in [6, 6.07) is 2.11. The molecule has 0 aromatic heterocycles. The van der Waals surface area contributed by atoms with Gasteiger partial charge in [0.25, 0.3) is 0 Å². The highest BCUT2D eigenvalue weighted by atomic mass is 19.1. The van der Waals surface area contributed by atoms with E-state index in [1.54, 1.807) is 19.2 Å². The fraction of sp³-hybridized carbons (Fsp3) is 0.182. The number of aromatic carboxylic acids is 1. The van der Waals surface area contributed by atoms with Gasteiger partial charge in [-0.15, -0.1) is 0 Å². The normalized spacial score (nSPS) is 10.9. The Hall–Kier alpha value is -1.88. The van der Waals surface area contributed by atoms with Crippen LogP contribution >= 0.6 is 0 Å². The highest BCUT2D eigenvalue weighted by Gasteiger charge is 2.12. The largest absolute Gasteiger partial charge is 0.478 e. The van der Waals surface area contributed by atoms with Crippen molar-refractivity contribution in [3.05, 3.63) is 35.2 Å². The van der Waals surface area contributed by atoms with Crippen LogP contribution in [0.5, 0.6) is 0 Å². The second-order valence-electron chi connectivity index (χ2n) is 3.22. The van der Waals surface area contributed by atoms with Crippen molar-refractivity contribution in [2.45, 2.75) is 0 Å². The molecule has 16 heavy (non-hydrogen) atoms. The predicted octanol–water partition coefficient (Wildman–Crippen LogP) is 1.34. The highest BCUT2D eigenvalue weighted by Crippen LogP contribution is 2.21. The zero-order valence-electron chi connectivity index (χ0n) is 8.83. The quantitative estimate of drug-likeness (QED) is 0.674. The Bertz CT molecular complexity index is 430. The van der Waals surface area contributed by atoms with Gasteiger partial charge in [-0.2, -0.15) is 0 Å². The van der Waals surface area contributed by atoms with E-state index in [0.29, 0.717) is 12.1 Å². The van der Waals surface area contributed by atoms with Crippen molar-refractivity contribution in [1.29, 1.82) is 0 Å². The molecule has 0 radical (unpaired) electrons. The van der Waals surface area contributed by atoms with E-state index in [9.17, 15) is 9.18 Å². The van der Waals surface area contributed by atoms with Gasteiger partial charge in [-0.3, -0.25) is 0 Å². The standard InChI is InChI=1S/C11H13FN2O2/c1-14-4-2-3-7-5-8(12)6-9(10(7)13)11(15)16/h2-3,5-6,14H,4,13H2,1H3,(H,15,16). The second-order valence-corrected chi connectivity index (χ2v) is 3.22. The van der Waals surface area contributed by atoms with Gasteiger partial charge in [0.2, 0.25) is 0 Å². The number of carbonyl (C=O) groups is 1. The van der Waals surface area contributed by atoms with E-state index in [2.05, 4.69) is 5.32 Å². The predicted molar refractivity (Wildman–Crippen MR) is 60.7 cm³/mol. The smallest absolute Gasteiger partial charge is 0.337 e. The molecule has 0 atom stereocenters. The van der Waals surface area contributed by atoms with Crippen LogP contribution in [0.3, 0.4) is 0 Å². The number of benzene rings is 1. The summed E-state index contributed by atoms with van der Waals surface area (Å²) >= 11 is 0. The van der Waals surface area contributed by atoms with E-state index in [-0.39, 0.29) is 11.3 Å². The Kier molecular flexibility index (Phi) is 4.02. The molecule has 4 nitrogen and oxygen atoms in total. The number of nitrogen functional groups attached to an aromatic ring is 1. The Labute approximate surface area is 92.6 Å². The van der Waals surface area contributed by atoms with Crippen LogP contribution in [0.4, 0.5) is 10.1 Å². The summed E-state index contributed by atoms with van der Waals surface area (Å²) in [5, 5.41) is 11.7. The summed E-state index contributed by atoms with van der Waals surface area (Å²) in [6.07, 6.45) is 3.32. The van der Waals surface area contributed by atoms with Crippen molar-refractivity contribution in [2.75, 3.05) is 19.3 Å². The first kappa shape index (κ1) is 12.2. The number of nitrogens with two attached hydrogens (primary N) is 1. The Morgan fingerprint density at radius 3 is 2.88 bits per heavy atom. The third-order valence-corrected chi connectivity index (χ3v) is 2.03. The van der Waals surface area contributed by atoms with Crippen LogP contribution in [0.15, 0.2) is 18.2 Å². The number of hydrogen-bond acceptors (Lipinski definition) is 3. The minimum absolute atomic E-state index is 0.0706. The summed E-state index contributed by atoms with van der Waals surface area (Å²) in [7, 11) is 1.77. The summed E-state index contributed by atoms with van der Waals surface area (Å²) in [5.41, 5.74) is 5.84. The second kappa shape index (κ2) is 5.27. The van der Waals surface area contributed by atoms with Crippen molar-refractivity contribution >= 4 is 17.7 Å². The van der Waals surface area contributed by atoms with Crippen LogP contribution in [0.1, 0.15) is 15.9 Å². The zero-order chi connectivity index (χ0) is 12.1. The van der Waals surface area contributed by atoms with Gasteiger partial charge < -0.3 is 16.2 Å². The molecule has 0 unspecified atom stereocenters. The molecular weight excluding hydrogens is 211 g/mol. The minimum atomic E-state index is -1.24. The maximum Gasteiger partial charge on any atom is 0.337 e. The maximum absolute atomic E-state index is 13.1. The Morgan fingerprint density at radius 1 is 1.62 bits per heavy atom. The summed E-state index contributed by atoms with van der Waals surface area (Å²) in [6.45, 7) is 0.596. The molecule has 0 aliphatic heterocycles. The molecule has 1 rings (SSSR count). The van der Waals surface area contributed by atoms with Gasteiger partial charge in [-0.05, 0) is 19.2 Å². The number of halogens is 1. The Balaban J connectivity index is 3.14. The molecule has 86 valence electrons. The van der Waals surface area contributed by atoms with Crippen LogP contribution in [-0.4, -0.2) is 24.7 Å². The third kappa shape index (κ3) is 2.80. The minimum Gasteiger partial charge on any atom is -0.478 e.